The normalized spacial score (nSPS) is 16.2. The molecule has 0 spiro atoms. The first kappa shape index (κ1) is 12.1. The molecule has 94 valence electrons. The van der Waals surface area contributed by atoms with Gasteiger partial charge in [0.15, 0.2) is 5.69 Å². The highest BCUT2D eigenvalue weighted by Crippen LogP contribution is 2.18. The molecule has 5 heteroatoms. The monoisotopic (exact) mass is 237 g/mol. The van der Waals surface area contributed by atoms with Crippen LogP contribution in [0.2, 0.25) is 0 Å². The first-order valence-corrected chi connectivity index (χ1v) is 6.13. The fourth-order valence-corrected chi connectivity index (χ4v) is 2.19. The Morgan fingerprint density at radius 2 is 2.12 bits per heavy atom. The molecule has 1 fully saturated rings. The van der Waals surface area contributed by atoms with E-state index < -0.39 is 0 Å². The van der Waals surface area contributed by atoms with Crippen LogP contribution in [0.25, 0.3) is 0 Å². The van der Waals surface area contributed by atoms with Crippen LogP contribution >= 0.6 is 0 Å². The number of likely N-dealkylation sites (tertiary alicyclic amines) is 1. The van der Waals surface area contributed by atoms with E-state index in [1.54, 1.807) is 0 Å². The Morgan fingerprint density at radius 1 is 1.41 bits per heavy atom. The van der Waals surface area contributed by atoms with Crippen LogP contribution in [0.5, 0.6) is 0 Å². The Balaban J connectivity index is 2.17. The second-order valence-corrected chi connectivity index (χ2v) is 4.45. The van der Waals surface area contributed by atoms with Crippen molar-refractivity contribution in [1.82, 2.24) is 15.4 Å². The molecule has 2 heterocycles. The average Bonchev–Trinajstić information content (AvgIpc) is 2.72. The van der Waals surface area contributed by atoms with Gasteiger partial charge in [-0.15, -0.1) is 0 Å². The maximum absolute atomic E-state index is 12.3. The molecule has 1 amide bonds. The summed E-state index contributed by atoms with van der Waals surface area (Å²) in [6.45, 7) is 4.13. The van der Waals surface area contributed by atoms with Gasteiger partial charge < -0.3 is 14.7 Å². The molecule has 1 saturated heterocycles. The molecule has 0 aliphatic carbocycles. The molecule has 2 rings (SSSR count). The fourth-order valence-electron chi connectivity index (χ4n) is 2.19. The van der Waals surface area contributed by atoms with Crippen molar-refractivity contribution in [3.8, 4) is 0 Å². The number of amides is 1. The van der Waals surface area contributed by atoms with E-state index in [4.69, 9.17) is 4.52 Å². The van der Waals surface area contributed by atoms with Crippen LogP contribution in [0.4, 0.5) is 0 Å². The molecule has 1 aromatic rings. The number of carbonyl (C=O) groups excluding carboxylic acids is 1. The average molecular weight is 237 g/mol. The van der Waals surface area contributed by atoms with Crippen molar-refractivity contribution in [3.63, 3.8) is 0 Å². The highest BCUT2D eigenvalue weighted by atomic mass is 16.5. The molecule has 0 saturated carbocycles. The summed E-state index contributed by atoms with van der Waals surface area (Å²) in [5.41, 5.74) is 1.35. The number of hydrogen-bond donors (Lipinski definition) is 1. The van der Waals surface area contributed by atoms with Gasteiger partial charge in [-0.25, -0.2) is 0 Å². The molecular formula is C12H19N3O2. The summed E-state index contributed by atoms with van der Waals surface area (Å²) in [4.78, 5) is 14.2. The third-order valence-corrected chi connectivity index (χ3v) is 3.18. The number of nitrogens with one attached hydrogen (secondary N) is 1. The van der Waals surface area contributed by atoms with Crippen molar-refractivity contribution in [2.24, 2.45) is 0 Å². The summed E-state index contributed by atoms with van der Waals surface area (Å²) in [7, 11) is 1.85. The summed E-state index contributed by atoms with van der Waals surface area (Å²) in [5, 5.41) is 6.94. The Bertz CT molecular complexity index is 394. The van der Waals surface area contributed by atoms with Crippen molar-refractivity contribution < 1.29 is 9.32 Å². The van der Waals surface area contributed by atoms with Crippen molar-refractivity contribution in [1.29, 1.82) is 0 Å². The van der Waals surface area contributed by atoms with E-state index in [1.165, 1.54) is 6.42 Å². The van der Waals surface area contributed by atoms with Crippen molar-refractivity contribution in [2.75, 3.05) is 20.1 Å². The van der Waals surface area contributed by atoms with E-state index in [2.05, 4.69) is 10.5 Å². The molecule has 0 unspecified atom stereocenters. The van der Waals surface area contributed by atoms with Gasteiger partial charge in [0.1, 0.15) is 5.76 Å². The SMILES string of the molecule is CNCc1c(C(=O)N2CCCCC2)noc1C. The minimum Gasteiger partial charge on any atom is -0.361 e. The van der Waals surface area contributed by atoms with E-state index in [0.717, 1.165) is 37.3 Å². The molecule has 5 nitrogen and oxygen atoms in total. The minimum absolute atomic E-state index is 0.00630. The molecule has 0 bridgehead atoms. The lowest BCUT2D eigenvalue weighted by Gasteiger charge is -2.26. The lowest BCUT2D eigenvalue weighted by atomic mass is 10.1. The Morgan fingerprint density at radius 3 is 2.76 bits per heavy atom. The van der Waals surface area contributed by atoms with Gasteiger partial charge in [-0.3, -0.25) is 4.79 Å². The van der Waals surface area contributed by atoms with Crippen molar-refractivity contribution in [2.45, 2.75) is 32.7 Å². The number of aryl methyl sites for hydroxylation is 1. The minimum atomic E-state index is 0.00630. The first-order valence-electron chi connectivity index (χ1n) is 6.13. The van der Waals surface area contributed by atoms with Gasteiger partial charge in [0, 0.05) is 25.2 Å². The number of rotatable bonds is 3. The smallest absolute Gasteiger partial charge is 0.276 e. The second kappa shape index (κ2) is 5.31. The summed E-state index contributed by atoms with van der Waals surface area (Å²) >= 11 is 0. The van der Waals surface area contributed by atoms with Crippen LogP contribution in [0, 0.1) is 6.92 Å². The largest absolute Gasteiger partial charge is 0.361 e. The van der Waals surface area contributed by atoms with E-state index in [1.807, 2.05) is 18.9 Å². The van der Waals surface area contributed by atoms with E-state index in [-0.39, 0.29) is 5.91 Å². The van der Waals surface area contributed by atoms with Crippen LogP contribution in [-0.2, 0) is 6.54 Å². The number of carbonyl (C=O) groups is 1. The van der Waals surface area contributed by atoms with Gasteiger partial charge in [-0.2, -0.15) is 0 Å². The van der Waals surface area contributed by atoms with Gasteiger partial charge in [0.2, 0.25) is 0 Å². The van der Waals surface area contributed by atoms with Gasteiger partial charge in [-0.1, -0.05) is 5.16 Å². The molecule has 0 aromatic carbocycles. The highest BCUT2D eigenvalue weighted by Gasteiger charge is 2.25. The van der Waals surface area contributed by atoms with Gasteiger partial charge in [0.05, 0.1) is 0 Å². The third kappa shape index (κ3) is 2.49. The van der Waals surface area contributed by atoms with Gasteiger partial charge >= 0.3 is 0 Å². The molecule has 17 heavy (non-hydrogen) atoms. The maximum atomic E-state index is 12.3. The van der Waals surface area contributed by atoms with E-state index in [9.17, 15) is 4.79 Å². The lowest BCUT2D eigenvalue weighted by molar-refractivity contribution is 0.0712. The third-order valence-electron chi connectivity index (χ3n) is 3.18. The first-order chi connectivity index (χ1) is 8.24. The van der Waals surface area contributed by atoms with E-state index in [0.29, 0.717) is 12.2 Å². The second-order valence-electron chi connectivity index (χ2n) is 4.45. The predicted molar refractivity (Wildman–Crippen MR) is 63.8 cm³/mol. The zero-order valence-electron chi connectivity index (χ0n) is 10.5. The van der Waals surface area contributed by atoms with Crippen molar-refractivity contribution in [3.05, 3.63) is 17.0 Å². The number of hydrogen-bond acceptors (Lipinski definition) is 4. The van der Waals surface area contributed by atoms with E-state index >= 15 is 0 Å². The Kier molecular flexibility index (Phi) is 3.78. The van der Waals surface area contributed by atoms with Crippen LogP contribution < -0.4 is 5.32 Å². The van der Waals surface area contributed by atoms with Crippen LogP contribution in [-0.4, -0.2) is 36.1 Å². The lowest BCUT2D eigenvalue weighted by Crippen LogP contribution is -2.36. The zero-order chi connectivity index (χ0) is 12.3. The summed E-state index contributed by atoms with van der Waals surface area (Å²) in [6.07, 6.45) is 3.39. The number of aromatic nitrogens is 1. The van der Waals surface area contributed by atoms with Crippen LogP contribution in [0.3, 0.4) is 0 Å². The number of piperidine rings is 1. The van der Waals surface area contributed by atoms with Crippen LogP contribution in [0.15, 0.2) is 4.52 Å². The molecular weight excluding hydrogens is 218 g/mol. The molecule has 1 aliphatic heterocycles. The molecule has 1 aliphatic rings. The standard InChI is InChI=1S/C12H19N3O2/c1-9-10(8-13-2)11(14-17-9)12(16)15-6-4-3-5-7-15/h13H,3-8H2,1-2H3. The topological polar surface area (TPSA) is 58.4 Å². The highest BCUT2D eigenvalue weighted by molar-refractivity contribution is 5.93. The Labute approximate surface area is 101 Å². The predicted octanol–water partition coefficient (Wildman–Crippen LogP) is 1.33. The fraction of sp³-hybridized carbons (Fsp3) is 0.667. The van der Waals surface area contributed by atoms with Gasteiger partial charge in [0.25, 0.3) is 5.91 Å². The molecule has 1 aromatic heterocycles. The summed E-state index contributed by atoms with van der Waals surface area (Å²) in [5.74, 6) is 0.728. The molecule has 0 radical (unpaired) electrons. The van der Waals surface area contributed by atoms with Crippen molar-refractivity contribution >= 4 is 5.91 Å². The summed E-state index contributed by atoms with van der Waals surface area (Å²) < 4.78 is 5.12. The molecule has 1 N–H and O–H groups in total. The zero-order valence-corrected chi connectivity index (χ0v) is 10.5. The Hall–Kier alpha value is -1.36. The quantitative estimate of drug-likeness (QED) is 0.861. The molecule has 0 atom stereocenters. The summed E-state index contributed by atoms with van der Waals surface area (Å²) in [6, 6.07) is 0. The van der Waals surface area contributed by atoms with Crippen LogP contribution in [0.1, 0.15) is 41.1 Å². The maximum Gasteiger partial charge on any atom is 0.276 e. The number of nitrogens with zero attached hydrogens (tertiary/aromatic N) is 2. The van der Waals surface area contributed by atoms with Gasteiger partial charge in [-0.05, 0) is 33.2 Å².